The predicted octanol–water partition coefficient (Wildman–Crippen LogP) is 0.885. The number of hydrogen-bond donors (Lipinski definition) is 1. The van der Waals surface area contributed by atoms with E-state index in [1.165, 1.54) is 0 Å². The number of pyridine rings is 1. The van der Waals surface area contributed by atoms with E-state index in [0.717, 1.165) is 12.1 Å². The maximum Gasteiger partial charge on any atom is 0.252 e. The Labute approximate surface area is 146 Å². The molecule has 3 heterocycles. The molecule has 1 aliphatic rings. The van der Waals surface area contributed by atoms with Gasteiger partial charge in [-0.15, -0.1) is 12.4 Å². The van der Waals surface area contributed by atoms with E-state index >= 15 is 0 Å². The van der Waals surface area contributed by atoms with E-state index in [9.17, 15) is 4.79 Å². The monoisotopic (exact) mass is 353 g/mol. The minimum absolute atomic E-state index is 0. The molecule has 9 heteroatoms. The molecule has 0 saturated carbocycles. The average Bonchev–Trinajstić information content (AvgIpc) is 3.01. The van der Waals surface area contributed by atoms with Gasteiger partial charge in [-0.2, -0.15) is 4.98 Å². The van der Waals surface area contributed by atoms with Gasteiger partial charge in [0.15, 0.2) is 5.82 Å². The van der Waals surface area contributed by atoms with Crippen molar-refractivity contribution < 1.29 is 14.1 Å². The number of aromatic nitrogens is 3. The summed E-state index contributed by atoms with van der Waals surface area (Å²) in [5, 5.41) is 6.99. The van der Waals surface area contributed by atoms with Gasteiger partial charge in [0.2, 0.25) is 5.91 Å². The third-order valence-electron chi connectivity index (χ3n) is 3.65. The lowest BCUT2D eigenvalue weighted by Gasteiger charge is -2.36. The summed E-state index contributed by atoms with van der Waals surface area (Å²) >= 11 is 0. The zero-order valence-corrected chi connectivity index (χ0v) is 14.2. The van der Waals surface area contributed by atoms with Gasteiger partial charge in [-0.25, -0.2) is 0 Å². The minimum Gasteiger partial charge on any atom is -0.362 e. The van der Waals surface area contributed by atoms with Crippen molar-refractivity contribution in [3.05, 3.63) is 41.8 Å². The van der Waals surface area contributed by atoms with Gasteiger partial charge in [-0.05, 0) is 18.6 Å². The van der Waals surface area contributed by atoms with Gasteiger partial charge < -0.3 is 19.5 Å². The van der Waals surface area contributed by atoms with Crippen LogP contribution in [0.5, 0.6) is 0 Å². The quantitative estimate of drug-likeness (QED) is 0.852. The van der Waals surface area contributed by atoms with E-state index < -0.39 is 0 Å². The summed E-state index contributed by atoms with van der Waals surface area (Å²) in [6, 6.07) is 3.83. The molecule has 130 valence electrons. The molecule has 2 aromatic heterocycles. The largest absolute Gasteiger partial charge is 0.362 e. The number of carbonyl (C=O) groups excluding carboxylic acids is 1. The molecule has 1 unspecified atom stereocenters. The third kappa shape index (κ3) is 4.50. The van der Waals surface area contributed by atoms with Crippen molar-refractivity contribution in [3.63, 3.8) is 0 Å². The second-order valence-corrected chi connectivity index (χ2v) is 5.32. The number of amides is 1. The summed E-state index contributed by atoms with van der Waals surface area (Å²) in [6.07, 6.45) is 3.52. The Morgan fingerprint density at radius 2 is 2.42 bits per heavy atom. The van der Waals surface area contributed by atoms with Crippen LogP contribution in [-0.2, 0) is 16.1 Å². The smallest absolute Gasteiger partial charge is 0.252 e. The van der Waals surface area contributed by atoms with Gasteiger partial charge in [-0.3, -0.25) is 9.78 Å². The summed E-state index contributed by atoms with van der Waals surface area (Å²) in [4.78, 5) is 22.5. The second kappa shape index (κ2) is 8.72. The molecule has 3 rings (SSSR count). The maximum atomic E-state index is 12.5. The molecular formula is C15H20ClN5O3. The van der Waals surface area contributed by atoms with E-state index in [0.29, 0.717) is 24.8 Å². The van der Waals surface area contributed by atoms with Crippen molar-refractivity contribution in [3.8, 4) is 0 Å². The number of piperazine rings is 1. The van der Waals surface area contributed by atoms with Gasteiger partial charge in [0.25, 0.3) is 5.89 Å². The zero-order valence-electron chi connectivity index (χ0n) is 13.3. The molecular weight excluding hydrogens is 334 g/mol. The van der Waals surface area contributed by atoms with Crippen LogP contribution >= 0.6 is 12.4 Å². The van der Waals surface area contributed by atoms with Crippen LogP contribution in [0.1, 0.15) is 23.3 Å². The van der Waals surface area contributed by atoms with Crippen LogP contribution in [0, 0.1) is 6.92 Å². The van der Waals surface area contributed by atoms with Crippen molar-refractivity contribution in [1.29, 1.82) is 0 Å². The van der Waals surface area contributed by atoms with Crippen LogP contribution in [0.4, 0.5) is 0 Å². The zero-order chi connectivity index (χ0) is 16.1. The molecule has 1 amide bonds. The molecule has 0 aromatic carbocycles. The van der Waals surface area contributed by atoms with Crippen LogP contribution in [0.2, 0.25) is 0 Å². The Hall–Kier alpha value is -2.03. The fraction of sp³-hybridized carbons (Fsp3) is 0.467. The third-order valence-corrected chi connectivity index (χ3v) is 3.65. The normalized spacial score (nSPS) is 17.4. The lowest BCUT2D eigenvalue weighted by atomic mass is 10.1. The first-order valence-electron chi connectivity index (χ1n) is 7.51. The molecule has 1 atom stereocenters. The van der Waals surface area contributed by atoms with E-state index in [2.05, 4.69) is 20.4 Å². The summed E-state index contributed by atoms with van der Waals surface area (Å²) in [5.41, 5.74) is 1.01. The molecule has 1 aliphatic heterocycles. The van der Waals surface area contributed by atoms with Gasteiger partial charge in [0, 0.05) is 32.0 Å². The van der Waals surface area contributed by atoms with E-state index in [1.54, 1.807) is 19.3 Å². The van der Waals surface area contributed by atoms with Crippen LogP contribution in [0.25, 0.3) is 0 Å². The first-order chi connectivity index (χ1) is 11.2. The molecule has 2 aromatic rings. The molecule has 0 spiro atoms. The lowest BCUT2D eigenvalue weighted by Crippen LogP contribution is -2.49. The lowest BCUT2D eigenvalue weighted by molar-refractivity contribution is -0.140. The number of hydrogen-bond acceptors (Lipinski definition) is 7. The van der Waals surface area contributed by atoms with Gasteiger partial charge >= 0.3 is 0 Å². The minimum atomic E-state index is -0.0587. The molecule has 24 heavy (non-hydrogen) atoms. The molecule has 8 nitrogen and oxygen atoms in total. The Morgan fingerprint density at radius 3 is 3.12 bits per heavy atom. The summed E-state index contributed by atoms with van der Waals surface area (Å²) in [6.45, 7) is 3.97. The fourth-order valence-corrected chi connectivity index (χ4v) is 2.58. The van der Waals surface area contributed by atoms with Crippen LogP contribution in [0.3, 0.4) is 0 Å². The summed E-state index contributed by atoms with van der Waals surface area (Å²) in [5.74, 6) is 0.865. The summed E-state index contributed by atoms with van der Waals surface area (Å²) < 4.78 is 10.4. The number of rotatable bonds is 5. The number of nitrogens with zero attached hydrogens (tertiary/aromatic N) is 4. The van der Waals surface area contributed by atoms with Crippen LogP contribution in [0.15, 0.2) is 29.0 Å². The van der Waals surface area contributed by atoms with Crippen molar-refractivity contribution in [1.82, 2.24) is 25.3 Å². The van der Waals surface area contributed by atoms with Gasteiger partial charge in [0.05, 0.1) is 6.04 Å². The molecule has 0 bridgehead atoms. The molecule has 1 saturated heterocycles. The molecule has 0 aliphatic carbocycles. The highest BCUT2D eigenvalue weighted by molar-refractivity contribution is 5.85. The second-order valence-electron chi connectivity index (χ2n) is 5.32. The molecule has 1 fully saturated rings. The highest BCUT2D eigenvalue weighted by Crippen LogP contribution is 2.21. The van der Waals surface area contributed by atoms with Crippen molar-refractivity contribution in [2.75, 3.05) is 26.2 Å². The highest BCUT2D eigenvalue weighted by Gasteiger charge is 2.27. The van der Waals surface area contributed by atoms with Crippen molar-refractivity contribution in [2.24, 2.45) is 0 Å². The van der Waals surface area contributed by atoms with E-state index in [-0.39, 0.29) is 37.6 Å². The molecule has 0 radical (unpaired) electrons. The maximum absolute atomic E-state index is 12.5. The Kier molecular flexibility index (Phi) is 6.65. The fourth-order valence-electron chi connectivity index (χ4n) is 2.58. The number of nitrogens with one attached hydrogen (secondary N) is 1. The Morgan fingerprint density at radius 1 is 1.54 bits per heavy atom. The first-order valence-corrected chi connectivity index (χ1v) is 7.51. The van der Waals surface area contributed by atoms with Gasteiger partial charge in [-0.1, -0.05) is 11.2 Å². The molecule has 1 N–H and O–H groups in total. The SMILES string of the molecule is Cc1noc(COCC(=O)N2CCNCC2c2cccnc2)n1.Cl. The Balaban J connectivity index is 0.00000208. The highest BCUT2D eigenvalue weighted by atomic mass is 35.5. The number of ether oxygens (including phenoxy) is 1. The Bertz CT molecular complexity index is 652. The number of aryl methyl sites for hydroxylation is 1. The standard InChI is InChI=1S/C15H19N5O3.ClH/c1-11-18-14(23-19-11)9-22-10-15(21)20-6-5-17-8-13(20)12-3-2-4-16-7-12;/h2-4,7,13,17H,5-6,8-10H2,1H3;1H. The topological polar surface area (TPSA) is 93.4 Å². The number of carbonyl (C=O) groups is 1. The predicted molar refractivity (Wildman–Crippen MR) is 87.5 cm³/mol. The van der Waals surface area contributed by atoms with Crippen molar-refractivity contribution >= 4 is 18.3 Å². The first kappa shape index (κ1) is 18.3. The summed E-state index contributed by atoms with van der Waals surface area (Å²) in [7, 11) is 0. The van der Waals surface area contributed by atoms with Gasteiger partial charge in [0.1, 0.15) is 13.2 Å². The van der Waals surface area contributed by atoms with E-state index in [4.69, 9.17) is 9.26 Å². The average molecular weight is 354 g/mol. The van der Waals surface area contributed by atoms with E-state index in [1.807, 2.05) is 17.0 Å². The van der Waals surface area contributed by atoms with Crippen LogP contribution in [-0.4, -0.2) is 52.2 Å². The van der Waals surface area contributed by atoms with Crippen molar-refractivity contribution in [2.45, 2.75) is 19.6 Å². The number of halogens is 1. The van der Waals surface area contributed by atoms with Crippen LogP contribution < -0.4 is 5.32 Å².